The monoisotopic (exact) mass is 237 g/mol. The molecule has 0 aliphatic carbocycles. The third kappa shape index (κ3) is 2.12. The van der Waals surface area contributed by atoms with Gasteiger partial charge in [-0.1, -0.05) is 6.07 Å². The largest absolute Gasteiger partial charge is 0.545 e. The van der Waals surface area contributed by atoms with Gasteiger partial charge in [-0.15, -0.1) is 0 Å². The van der Waals surface area contributed by atoms with E-state index in [1.165, 1.54) is 6.07 Å². The fourth-order valence-electron chi connectivity index (χ4n) is 1.19. The van der Waals surface area contributed by atoms with Crippen LogP contribution in [-0.2, 0) is 0 Å². The van der Waals surface area contributed by atoms with Crippen LogP contribution in [0.1, 0.15) is 15.9 Å². The first-order valence-electron chi connectivity index (χ1n) is 4.04. The van der Waals surface area contributed by atoms with E-state index in [0.717, 1.165) is 6.07 Å². The number of thioether (sulfide) groups is 1. The van der Waals surface area contributed by atoms with Crippen LogP contribution < -0.4 is 5.11 Å². The van der Waals surface area contributed by atoms with Crippen molar-refractivity contribution >= 4 is 23.4 Å². The fraction of sp³-hybridized carbons (Fsp3) is 0.111. The Labute approximate surface area is 94.7 Å². The van der Waals surface area contributed by atoms with Gasteiger partial charge >= 0.3 is 0 Å². The number of carbonyl (C=O) groups excluding carboxylic acids is 1. The van der Waals surface area contributed by atoms with Gasteiger partial charge in [0.1, 0.15) is 10.3 Å². The Balaban J connectivity index is 3.57. The summed E-state index contributed by atoms with van der Waals surface area (Å²) < 4.78 is 0. The molecule has 16 heavy (non-hydrogen) atoms. The van der Waals surface area contributed by atoms with Crippen molar-refractivity contribution in [1.82, 2.24) is 0 Å². The number of carboxylic acids is 1. The van der Waals surface area contributed by atoms with Crippen LogP contribution in [0.3, 0.4) is 0 Å². The van der Waals surface area contributed by atoms with Crippen LogP contribution in [0.5, 0.6) is 0 Å². The molecule has 0 unspecified atom stereocenters. The Bertz CT molecular complexity index is 507. The van der Waals surface area contributed by atoms with Gasteiger partial charge in [-0.25, -0.2) is 0 Å². The number of nitrogens with zero attached hydrogens (tertiary/aromatic N) is 2. The van der Waals surface area contributed by atoms with Gasteiger partial charge in [-0.3, -0.25) is 10.1 Å². The number of nitro benzene ring substituents is 1. The topological polar surface area (TPSA) is 107 Å². The van der Waals surface area contributed by atoms with E-state index >= 15 is 0 Å². The van der Waals surface area contributed by atoms with Gasteiger partial charge in [0.25, 0.3) is 5.69 Å². The Kier molecular flexibility index (Phi) is 3.48. The number of hydrogen-bond donors (Lipinski definition) is 0. The first-order valence-corrected chi connectivity index (χ1v) is 4.86. The highest BCUT2D eigenvalue weighted by Gasteiger charge is 2.22. The molecule has 0 atom stereocenters. The van der Waals surface area contributed by atoms with Crippen molar-refractivity contribution in [3.05, 3.63) is 33.4 Å². The maximum atomic E-state index is 10.8. The number of carbonyl (C=O) groups is 1. The molecule has 0 aliphatic rings. The van der Waals surface area contributed by atoms with Gasteiger partial charge < -0.3 is 9.90 Å². The number of thiocyanates is 1. The van der Waals surface area contributed by atoms with Crippen LogP contribution in [0.2, 0.25) is 0 Å². The van der Waals surface area contributed by atoms with Gasteiger partial charge in [0, 0.05) is 0 Å². The molecule has 0 saturated heterocycles. The van der Waals surface area contributed by atoms with Crippen LogP contribution in [0.25, 0.3) is 0 Å². The minimum atomic E-state index is -1.63. The van der Waals surface area contributed by atoms with Crippen molar-refractivity contribution < 1.29 is 14.8 Å². The summed E-state index contributed by atoms with van der Waals surface area (Å²) in [7, 11) is 0. The lowest BCUT2D eigenvalue weighted by Crippen LogP contribution is -2.23. The highest BCUT2D eigenvalue weighted by molar-refractivity contribution is 8.03. The second-order valence-electron chi connectivity index (χ2n) is 2.85. The second kappa shape index (κ2) is 4.63. The summed E-state index contributed by atoms with van der Waals surface area (Å²) in [6.45, 7) is 1.56. The molecule has 0 saturated carbocycles. The van der Waals surface area contributed by atoms with E-state index in [1.807, 2.05) is 0 Å². The average molecular weight is 237 g/mol. The molecule has 0 spiro atoms. The second-order valence-corrected chi connectivity index (χ2v) is 3.64. The van der Waals surface area contributed by atoms with Gasteiger partial charge in [-0.2, -0.15) is 5.26 Å². The predicted octanol–water partition coefficient (Wildman–Crippen LogP) is 0.840. The maximum Gasteiger partial charge on any atom is 0.293 e. The number of aromatic carboxylic acids is 1. The average Bonchev–Trinajstić information content (AvgIpc) is 2.20. The Hall–Kier alpha value is -2.07. The Morgan fingerprint density at radius 3 is 2.62 bits per heavy atom. The van der Waals surface area contributed by atoms with Crippen molar-refractivity contribution in [2.24, 2.45) is 0 Å². The summed E-state index contributed by atoms with van der Waals surface area (Å²) in [6, 6.07) is 2.50. The molecular formula is C9H5N2O4S-. The SMILES string of the molecule is Cc1ccc(C(=O)[O-])c([N+](=O)[O-])c1SC#N. The molecule has 0 aliphatic heterocycles. The van der Waals surface area contributed by atoms with Crippen LogP contribution in [0.15, 0.2) is 17.0 Å². The molecular weight excluding hydrogens is 232 g/mol. The van der Waals surface area contributed by atoms with E-state index < -0.39 is 22.1 Å². The normalized spacial score (nSPS) is 9.50. The van der Waals surface area contributed by atoms with Crippen molar-refractivity contribution in [2.75, 3.05) is 0 Å². The van der Waals surface area contributed by atoms with E-state index in [2.05, 4.69) is 0 Å². The van der Waals surface area contributed by atoms with Crippen molar-refractivity contribution in [2.45, 2.75) is 11.8 Å². The third-order valence-corrected chi connectivity index (χ3v) is 2.69. The van der Waals surface area contributed by atoms with Crippen LogP contribution in [0.4, 0.5) is 5.69 Å². The fourth-order valence-corrected chi connectivity index (χ4v) is 1.79. The molecule has 0 heterocycles. The summed E-state index contributed by atoms with van der Waals surface area (Å²) in [5.74, 6) is -1.63. The quantitative estimate of drug-likeness (QED) is 0.333. The smallest absolute Gasteiger partial charge is 0.293 e. The molecule has 1 aromatic rings. The van der Waals surface area contributed by atoms with E-state index in [4.69, 9.17) is 5.26 Å². The molecule has 6 nitrogen and oxygen atoms in total. The number of hydrogen-bond acceptors (Lipinski definition) is 6. The zero-order chi connectivity index (χ0) is 12.3. The summed E-state index contributed by atoms with van der Waals surface area (Å²) >= 11 is 0.561. The van der Waals surface area contributed by atoms with Gasteiger partial charge in [0.15, 0.2) is 0 Å². The van der Waals surface area contributed by atoms with E-state index in [9.17, 15) is 20.0 Å². The highest BCUT2D eigenvalue weighted by Crippen LogP contribution is 2.34. The number of nitro groups is 1. The lowest BCUT2D eigenvalue weighted by Gasteiger charge is -2.08. The van der Waals surface area contributed by atoms with Gasteiger partial charge in [0.2, 0.25) is 0 Å². The van der Waals surface area contributed by atoms with E-state index in [-0.39, 0.29) is 4.90 Å². The molecule has 0 radical (unpaired) electrons. The molecule has 82 valence electrons. The molecule has 1 rings (SSSR count). The summed E-state index contributed by atoms with van der Waals surface area (Å²) in [5, 5.41) is 31.6. The molecule has 0 amide bonds. The zero-order valence-corrected chi connectivity index (χ0v) is 8.91. The van der Waals surface area contributed by atoms with E-state index in [1.54, 1.807) is 12.3 Å². The molecule has 0 N–H and O–H groups in total. The van der Waals surface area contributed by atoms with Crippen molar-refractivity contribution in [3.63, 3.8) is 0 Å². The first-order chi connectivity index (χ1) is 7.49. The highest BCUT2D eigenvalue weighted by atomic mass is 32.2. The number of benzene rings is 1. The van der Waals surface area contributed by atoms with Crippen molar-refractivity contribution in [3.8, 4) is 5.40 Å². The molecule has 7 heteroatoms. The molecule has 0 fully saturated rings. The minimum absolute atomic E-state index is 0.0363. The third-order valence-electron chi connectivity index (χ3n) is 1.88. The number of rotatable bonds is 3. The first kappa shape index (κ1) is 12.0. The van der Waals surface area contributed by atoms with Gasteiger partial charge in [0.05, 0.1) is 16.5 Å². The molecule has 0 bridgehead atoms. The van der Waals surface area contributed by atoms with Crippen molar-refractivity contribution in [1.29, 1.82) is 5.26 Å². The van der Waals surface area contributed by atoms with Crippen LogP contribution in [0, 0.1) is 27.7 Å². The zero-order valence-electron chi connectivity index (χ0n) is 8.09. The lowest BCUT2D eigenvalue weighted by atomic mass is 10.1. The maximum absolute atomic E-state index is 10.8. The van der Waals surface area contributed by atoms with E-state index in [0.29, 0.717) is 17.3 Å². The van der Waals surface area contributed by atoms with Crippen LogP contribution >= 0.6 is 11.8 Å². The summed E-state index contributed by atoms with van der Waals surface area (Å²) in [4.78, 5) is 20.7. The van der Waals surface area contributed by atoms with Gasteiger partial charge in [-0.05, 0) is 30.3 Å². The Morgan fingerprint density at radius 1 is 1.56 bits per heavy atom. The summed E-state index contributed by atoms with van der Waals surface area (Å²) in [5.41, 5.74) is -0.636. The number of nitriles is 1. The Morgan fingerprint density at radius 2 is 2.19 bits per heavy atom. The number of carboxylic acid groups (broad SMARTS) is 1. The molecule has 1 aromatic carbocycles. The predicted molar refractivity (Wildman–Crippen MR) is 53.6 cm³/mol. The molecule has 0 aromatic heterocycles. The standard InChI is InChI=1S/C9H6N2O4S/c1-5-2-3-6(9(12)13)7(11(14)15)8(5)16-4-10/h2-3H,1H3,(H,12,13)/p-1. The number of aryl methyl sites for hydroxylation is 1. The lowest BCUT2D eigenvalue weighted by molar-refractivity contribution is -0.388. The minimum Gasteiger partial charge on any atom is -0.545 e. The summed E-state index contributed by atoms with van der Waals surface area (Å²) in [6.07, 6.45) is 0. The van der Waals surface area contributed by atoms with Crippen LogP contribution in [-0.4, -0.2) is 10.9 Å².